The van der Waals surface area contributed by atoms with E-state index >= 15 is 0 Å². The molecule has 0 spiro atoms. The monoisotopic (exact) mass is 524 g/mol. The topological polar surface area (TPSA) is 58.6 Å². The first-order chi connectivity index (χ1) is 16.4. The molecule has 0 rings (SSSR count). The van der Waals surface area contributed by atoms with Crippen molar-refractivity contribution in [3.63, 3.8) is 0 Å². The molecule has 0 radical (unpaired) electrons. The molecule has 0 unspecified atom stereocenters. The van der Waals surface area contributed by atoms with E-state index in [-0.39, 0.29) is 13.2 Å². The van der Waals surface area contributed by atoms with Crippen molar-refractivity contribution in [2.75, 3.05) is 37.9 Å². The van der Waals surface area contributed by atoms with Gasteiger partial charge < -0.3 is 13.9 Å². The lowest BCUT2D eigenvalue weighted by atomic mass is 10.3. The summed E-state index contributed by atoms with van der Waals surface area (Å²) in [7, 11) is -4.62. The van der Waals surface area contributed by atoms with Gasteiger partial charge in [0.25, 0.3) is 7.82 Å². The van der Waals surface area contributed by atoms with Crippen LogP contribution in [0.2, 0.25) is 0 Å². The van der Waals surface area contributed by atoms with Gasteiger partial charge in [-0.2, -0.15) is 0 Å². The molecule has 0 aromatic rings. The molecule has 0 aliphatic rings. The molecule has 0 heterocycles. The van der Waals surface area contributed by atoms with E-state index in [4.69, 9.17) is 0 Å². The lowest BCUT2D eigenvalue weighted by Gasteiger charge is -2.28. The fourth-order valence-electron chi connectivity index (χ4n) is 4.14. The van der Waals surface area contributed by atoms with Crippen LogP contribution in [0.25, 0.3) is 0 Å². The standard InChI is InChI=1S/C20H44P.C8H19O4P/c1-5-9-13-17-21(18-14-10-6-2,19-15-11-7-3)20-16-12-8-4;1-3-5-7-11-13(9,10)12-8-6-4-2/h5-20H2,1-4H3;3-8H2,1-2H3,(H,9,10)/q+1;/p-1. The Labute approximate surface area is 215 Å². The molecule has 0 aromatic carbocycles. The summed E-state index contributed by atoms with van der Waals surface area (Å²) < 4.78 is 20.2. The van der Waals surface area contributed by atoms with Crippen LogP contribution < -0.4 is 4.89 Å². The molecule has 0 aliphatic heterocycles. The highest BCUT2D eigenvalue weighted by molar-refractivity contribution is 7.75. The Kier molecular flexibility index (Phi) is 28.7. The van der Waals surface area contributed by atoms with Crippen LogP contribution in [0.3, 0.4) is 0 Å². The number of rotatable bonds is 24. The highest BCUT2D eigenvalue weighted by Gasteiger charge is 2.34. The van der Waals surface area contributed by atoms with Gasteiger partial charge in [-0.25, -0.2) is 0 Å². The van der Waals surface area contributed by atoms with Crippen molar-refractivity contribution in [2.24, 2.45) is 0 Å². The van der Waals surface area contributed by atoms with Crippen molar-refractivity contribution < 1.29 is 18.5 Å². The van der Waals surface area contributed by atoms with Crippen LogP contribution in [-0.4, -0.2) is 37.9 Å². The zero-order chi connectivity index (χ0) is 26.0. The van der Waals surface area contributed by atoms with Crippen LogP contribution in [0.1, 0.15) is 144 Å². The van der Waals surface area contributed by atoms with Crippen molar-refractivity contribution in [3.05, 3.63) is 0 Å². The molecular weight excluding hydrogens is 462 g/mol. The minimum absolute atomic E-state index is 0.226. The zero-order valence-electron chi connectivity index (χ0n) is 24.1. The van der Waals surface area contributed by atoms with Crippen molar-refractivity contribution in [3.8, 4) is 0 Å². The molecule has 0 bridgehead atoms. The van der Waals surface area contributed by atoms with E-state index in [1.807, 2.05) is 13.8 Å². The Balaban J connectivity index is 0. The Morgan fingerprint density at radius 1 is 0.500 bits per heavy atom. The van der Waals surface area contributed by atoms with Crippen LogP contribution in [0.15, 0.2) is 0 Å². The SMILES string of the molecule is CCCCC[P+](CCCCC)(CCCCC)CCCCC.CCCCOP(=O)([O-])OCCCC. The van der Waals surface area contributed by atoms with Crippen LogP contribution in [0, 0.1) is 0 Å². The molecule has 34 heavy (non-hydrogen) atoms. The zero-order valence-corrected chi connectivity index (χ0v) is 25.9. The van der Waals surface area contributed by atoms with Gasteiger partial charge >= 0.3 is 0 Å². The summed E-state index contributed by atoms with van der Waals surface area (Å²) in [6.07, 6.45) is 27.3. The van der Waals surface area contributed by atoms with E-state index in [2.05, 4.69) is 36.7 Å². The number of phosphoric ester groups is 1. The average Bonchev–Trinajstić information content (AvgIpc) is 2.80. The third kappa shape index (κ3) is 24.2. The number of hydrogen-bond donors (Lipinski definition) is 0. The normalized spacial score (nSPS) is 12.0. The van der Waals surface area contributed by atoms with Crippen LogP contribution in [0.5, 0.6) is 0 Å². The second-order valence-corrected chi connectivity index (χ2v) is 15.8. The summed E-state index contributed by atoms with van der Waals surface area (Å²) in [6.45, 7) is 13.8. The second-order valence-electron chi connectivity index (χ2n) is 9.89. The predicted octanol–water partition coefficient (Wildman–Crippen LogP) is 9.85. The number of phosphoric acid groups is 1. The molecule has 0 fully saturated rings. The first kappa shape index (κ1) is 36.7. The van der Waals surface area contributed by atoms with Crippen molar-refractivity contribution in [1.82, 2.24) is 0 Å². The summed E-state index contributed by atoms with van der Waals surface area (Å²) >= 11 is 0. The van der Waals surface area contributed by atoms with Crippen LogP contribution in [-0.2, 0) is 13.6 Å². The van der Waals surface area contributed by atoms with Gasteiger partial charge in [-0.3, -0.25) is 4.57 Å². The first-order valence-corrected chi connectivity index (χ1v) is 18.8. The highest BCUT2D eigenvalue weighted by atomic mass is 31.2. The maximum absolute atomic E-state index is 11.0. The molecule has 4 nitrogen and oxygen atoms in total. The Morgan fingerprint density at radius 2 is 0.765 bits per heavy atom. The van der Waals surface area contributed by atoms with Gasteiger partial charge in [0, 0.05) is 7.26 Å². The van der Waals surface area contributed by atoms with E-state index in [1.165, 1.54) is 77.0 Å². The summed E-state index contributed by atoms with van der Waals surface area (Å²) in [5, 5.41) is 0. The predicted molar refractivity (Wildman–Crippen MR) is 154 cm³/mol. The largest absolute Gasteiger partial charge is 0.756 e. The minimum Gasteiger partial charge on any atom is -0.756 e. The number of hydrogen-bond acceptors (Lipinski definition) is 4. The Morgan fingerprint density at radius 3 is 1.00 bits per heavy atom. The molecule has 0 amide bonds. The average molecular weight is 525 g/mol. The molecule has 0 saturated heterocycles. The lowest BCUT2D eigenvalue weighted by molar-refractivity contribution is -0.225. The molecular formula is C28H62O4P2. The molecule has 6 heteroatoms. The van der Waals surface area contributed by atoms with Gasteiger partial charge in [-0.15, -0.1) is 0 Å². The molecule has 0 aliphatic carbocycles. The van der Waals surface area contributed by atoms with E-state index in [1.54, 1.807) is 24.6 Å². The maximum Gasteiger partial charge on any atom is 0.267 e. The van der Waals surface area contributed by atoms with Crippen molar-refractivity contribution >= 4 is 15.1 Å². The number of unbranched alkanes of at least 4 members (excludes halogenated alkanes) is 10. The van der Waals surface area contributed by atoms with Crippen molar-refractivity contribution in [2.45, 2.75) is 144 Å². The van der Waals surface area contributed by atoms with E-state index in [0.717, 1.165) is 25.7 Å². The van der Waals surface area contributed by atoms with Crippen LogP contribution >= 0.6 is 15.1 Å². The maximum atomic E-state index is 11.0. The molecule has 0 aromatic heterocycles. The van der Waals surface area contributed by atoms with E-state index < -0.39 is 15.1 Å². The van der Waals surface area contributed by atoms with E-state index in [9.17, 15) is 9.46 Å². The molecule has 208 valence electrons. The Bertz CT molecular complexity index is 387. The Hall–Kier alpha value is 0.540. The van der Waals surface area contributed by atoms with Gasteiger partial charge in [-0.05, 0) is 38.5 Å². The van der Waals surface area contributed by atoms with Gasteiger partial charge in [0.15, 0.2) is 0 Å². The summed E-state index contributed by atoms with van der Waals surface area (Å²) in [4.78, 5) is 11.0. The molecule has 0 atom stereocenters. The third-order valence-corrected chi connectivity index (χ3v) is 12.5. The quantitative estimate of drug-likeness (QED) is 0.0931. The van der Waals surface area contributed by atoms with Gasteiger partial charge in [0.2, 0.25) is 0 Å². The minimum atomic E-state index is -4.00. The molecule has 0 saturated carbocycles. The lowest BCUT2D eigenvalue weighted by Crippen LogP contribution is -2.13. The van der Waals surface area contributed by atoms with Gasteiger partial charge in [0.05, 0.1) is 37.9 Å². The summed E-state index contributed by atoms with van der Waals surface area (Å²) in [5.41, 5.74) is 0. The van der Waals surface area contributed by atoms with E-state index in [0.29, 0.717) is 0 Å². The third-order valence-electron chi connectivity index (χ3n) is 6.44. The fraction of sp³-hybridized carbons (Fsp3) is 1.00. The first-order valence-electron chi connectivity index (χ1n) is 14.8. The van der Waals surface area contributed by atoms with Crippen LogP contribution in [0.4, 0.5) is 0 Å². The molecule has 0 N–H and O–H groups in total. The summed E-state index contributed by atoms with van der Waals surface area (Å²) in [5.74, 6) is 0. The second kappa shape index (κ2) is 26.6. The highest BCUT2D eigenvalue weighted by Crippen LogP contribution is 2.61. The fourth-order valence-corrected chi connectivity index (χ4v) is 9.84. The van der Waals surface area contributed by atoms with Gasteiger partial charge in [-0.1, -0.05) is 106 Å². The smallest absolute Gasteiger partial charge is 0.267 e. The summed E-state index contributed by atoms with van der Waals surface area (Å²) in [6, 6.07) is 0. The van der Waals surface area contributed by atoms with Gasteiger partial charge in [0.1, 0.15) is 0 Å². The van der Waals surface area contributed by atoms with Crippen molar-refractivity contribution in [1.29, 1.82) is 0 Å².